The van der Waals surface area contributed by atoms with Gasteiger partial charge in [0, 0.05) is 31.4 Å². The summed E-state index contributed by atoms with van der Waals surface area (Å²) in [5.41, 5.74) is 1.84. The lowest BCUT2D eigenvalue weighted by Gasteiger charge is -2.24. The summed E-state index contributed by atoms with van der Waals surface area (Å²) >= 11 is 0. The minimum Gasteiger partial charge on any atom is -0.388 e. The number of benzene rings is 1. The fourth-order valence-corrected chi connectivity index (χ4v) is 2.41. The van der Waals surface area contributed by atoms with Crippen LogP contribution in [0.15, 0.2) is 24.3 Å². The molecule has 1 aliphatic rings. The Kier molecular flexibility index (Phi) is 4.62. The van der Waals surface area contributed by atoms with E-state index in [-0.39, 0.29) is 5.91 Å². The van der Waals surface area contributed by atoms with Crippen LogP contribution in [0.1, 0.15) is 42.5 Å². The second-order valence-corrected chi connectivity index (χ2v) is 4.89. The number of likely N-dealkylation sites (tertiary alicyclic amines) is 1. The molecule has 1 fully saturated rings. The highest BCUT2D eigenvalue weighted by molar-refractivity contribution is 5.94. The van der Waals surface area contributed by atoms with E-state index >= 15 is 0 Å². The van der Waals surface area contributed by atoms with Gasteiger partial charge in [0.1, 0.15) is 0 Å². The first kappa shape index (κ1) is 12.9. The van der Waals surface area contributed by atoms with Gasteiger partial charge in [-0.05, 0) is 37.1 Å². The van der Waals surface area contributed by atoms with Crippen LogP contribution in [-0.4, -0.2) is 30.9 Å². The molecule has 0 spiro atoms. The van der Waals surface area contributed by atoms with Crippen LogP contribution >= 0.6 is 0 Å². The Hall–Kier alpha value is -1.51. The molecule has 0 atom stereocenters. The van der Waals surface area contributed by atoms with E-state index in [4.69, 9.17) is 0 Å². The lowest BCUT2D eigenvalue weighted by molar-refractivity contribution is 0.0742. The zero-order valence-electron chi connectivity index (χ0n) is 11.1. The average Bonchev–Trinajstić information content (AvgIpc) is 2.38. The molecule has 2 rings (SSSR count). The van der Waals surface area contributed by atoms with Crippen LogP contribution in [0.4, 0.5) is 5.69 Å². The van der Waals surface area contributed by atoms with E-state index in [0.29, 0.717) is 0 Å². The Morgan fingerprint density at radius 2 is 1.56 bits per heavy atom. The first-order chi connectivity index (χ1) is 8.81. The molecule has 1 aromatic carbocycles. The highest BCUT2D eigenvalue weighted by Crippen LogP contribution is 2.15. The minimum atomic E-state index is 0.180. The quantitative estimate of drug-likeness (QED) is 0.869. The van der Waals surface area contributed by atoms with Gasteiger partial charge >= 0.3 is 0 Å². The highest BCUT2D eigenvalue weighted by atomic mass is 16.2. The van der Waals surface area contributed by atoms with Crippen molar-refractivity contribution >= 4 is 11.6 Å². The third-order valence-electron chi connectivity index (χ3n) is 3.56. The first-order valence-corrected chi connectivity index (χ1v) is 6.88. The topological polar surface area (TPSA) is 32.3 Å². The largest absolute Gasteiger partial charge is 0.388 e. The van der Waals surface area contributed by atoms with Gasteiger partial charge in [0.25, 0.3) is 5.91 Å². The van der Waals surface area contributed by atoms with Crippen LogP contribution in [0.2, 0.25) is 0 Å². The van der Waals surface area contributed by atoms with Gasteiger partial charge in [0.05, 0.1) is 0 Å². The van der Waals surface area contributed by atoms with Crippen LogP contribution in [-0.2, 0) is 0 Å². The minimum absolute atomic E-state index is 0.180. The van der Waals surface area contributed by atoms with Crippen molar-refractivity contribution in [1.29, 1.82) is 0 Å². The van der Waals surface area contributed by atoms with Gasteiger partial charge in [-0.25, -0.2) is 0 Å². The molecule has 3 heteroatoms. The number of nitrogens with zero attached hydrogens (tertiary/aromatic N) is 1. The molecule has 98 valence electrons. The number of hydrogen-bond acceptors (Lipinski definition) is 2. The monoisotopic (exact) mass is 246 g/mol. The fourth-order valence-electron chi connectivity index (χ4n) is 2.41. The standard InChI is InChI=1S/C15H22N2O/c1-16-14-9-7-13(8-10-14)15(18)17-11-5-3-2-4-6-12-17/h7-10,16H,2-6,11-12H2,1H3. The van der Waals surface area contributed by atoms with Gasteiger partial charge in [-0.1, -0.05) is 19.3 Å². The summed E-state index contributed by atoms with van der Waals surface area (Å²) in [6, 6.07) is 7.73. The molecule has 18 heavy (non-hydrogen) atoms. The second-order valence-electron chi connectivity index (χ2n) is 4.89. The van der Waals surface area contributed by atoms with E-state index < -0.39 is 0 Å². The molecule has 1 amide bonds. The zero-order chi connectivity index (χ0) is 12.8. The summed E-state index contributed by atoms with van der Waals surface area (Å²) in [4.78, 5) is 14.4. The van der Waals surface area contributed by atoms with E-state index in [2.05, 4.69) is 5.32 Å². The maximum Gasteiger partial charge on any atom is 0.253 e. The zero-order valence-corrected chi connectivity index (χ0v) is 11.1. The van der Waals surface area contributed by atoms with Crippen LogP contribution < -0.4 is 5.32 Å². The molecule has 0 unspecified atom stereocenters. The molecule has 0 saturated carbocycles. The second kappa shape index (κ2) is 6.43. The number of carbonyl (C=O) groups is 1. The van der Waals surface area contributed by atoms with Gasteiger partial charge in [-0.3, -0.25) is 4.79 Å². The molecule has 0 radical (unpaired) electrons. The van der Waals surface area contributed by atoms with Gasteiger partial charge in [0.15, 0.2) is 0 Å². The smallest absolute Gasteiger partial charge is 0.253 e. The van der Waals surface area contributed by atoms with Gasteiger partial charge in [-0.2, -0.15) is 0 Å². The molecular weight excluding hydrogens is 224 g/mol. The molecule has 1 saturated heterocycles. The van der Waals surface area contributed by atoms with E-state index in [9.17, 15) is 4.79 Å². The van der Waals surface area contributed by atoms with Crippen molar-refractivity contribution in [2.45, 2.75) is 32.1 Å². The van der Waals surface area contributed by atoms with Crippen molar-refractivity contribution in [3.63, 3.8) is 0 Å². The van der Waals surface area contributed by atoms with Crippen molar-refractivity contribution in [1.82, 2.24) is 4.90 Å². The van der Waals surface area contributed by atoms with Crippen LogP contribution in [0.25, 0.3) is 0 Å². The molecule has 1 heterocycles. The van der Waals surface area contributed by atoms with Gasteiger partial charge in [-0.15, -0.1) is 0 Å². The van der Waals surface area contributed by atoms with Crippen LogP contribution in [0.3, 0.4) is 0 Å². The summed E-state index contributed by atoms with van der Waals surface area (Å²) in [5.74, 6) is 0.180. The predicted molar refractivity (Wildman–Crippen MR) is 75.0 cm³/mol. The van der Waals surface area contributed by atoms with Crippen LogP contribution in [0, 0.1) is 0 Å². The molecule has 3 nitrogen and oxygen atoms in total. The molecule has 0 aliphatic carbocycles. The van der Waals surface area contributed by atoms with E-state index in [0.717, 1.165) is 37.2 Å². The number of carbonyl (C=O) groups excluding carboxylic acids is 1. The maximum absolute atomic E-state index is 12.4. The predicted octanol–water partition coefficient (Wildman–Crippen LogP) is 3.13. The molecule has 1 aliphatic heterocycles. The van der Waals surface area contributed by atoms with Gasteiger partial charge < -0.3 is 10.2 Å². The Bertz CT molecular complexity index is 378. The number of hydrogen-bond donors (Lipinski definition) is 1. The van der Waals surface area contributed by atoms with E-state index in [1.165, 1.54) is 19.3 Å². The molecule has 1 N–H and O–H groups in total. The van der Waals surface area contributed by atoms with Crippen molar-refractivity contribution < 1.29 is 4.79 Å². The molecular formula is C15H22N2O. The van der Waals surface area contributed by atoms with Crippen molar-refractivity contribution in [2.75, 3.05) is 25.5 Å². The van der Waals surface area contributed by atoms with Crippen molar-refractivity contribution in [3.8, 4) is 0 Å². The van der Waals surface area contributed by atoms with Crippen molar-refractivity contribution in [2.24, 2.45) is 0 Å². The Balaban J connectivity index is 2.03. The maximum atomic E-state index is 12.4. The summed E-state index contributed by atoms with van der Waals surface area (Å²) in [5, 5.41) is 3.07. The number of anilines is 1. The number of amides is 1. The summed E-state index contributed by atoms with van der Waals surface area (Å²) < 4.78 is 0. The average molecular weight is 246 g/mol. The Morgan fingerprint density at radius 1 is 1.00 bits per heavy atom. The van der Waals surface area contributed by atoms with Gasteiger partial charge in [0.2, 0.25) is 0 Å². The van der Waals surface area contributed by atoms with Crippen molar-refractivity contribution in [3.05, 3.63) is 29.8 Å². The summed E-state index contributed by atoms with van der Waals surface area (Å²) in [6.45, 7) is 1.82. The summed E-state index contributed by atoms with van der Waals surface area (Å²) in [6.07, 6.45) is 6.10. The first-order valence-electron chi connectivity index (χ1n) is 6.88. The SMILES string of the molecule is CNc1ccc(C(=O)N2CCCCCCC2)cc1. The number of rotatable bonds is 2. The van der Waals surface area contributed by atoms with E-state index in [1.807, 2.05) is 36.2 Å². The molecule has 1 aromatic rings. The number of nitrogens with one attached hydrogen (secondary N) is 1. The lowest BCUT2D eigenvalue weighted by Crippen LogP contribution is -2.33. The third kappa shape index (κ3) is 3.25. The van der Waals surface area contributed by atoms with Crippen LogP contribution in [0.5, 0.6) is 0 Å². The fraction of sp³-hybridized carbons (Fsp3) is 0.533. The lowest BCUT2D eigenvalue weighted by atomic mass is 10.1. The van der Waals surface area contributed by atoms with E-state index in [1.54, 1.807) is 0 Å². The molecule has 0 bridgehead atoms. The Labute approximate surface area is 109 Å². The highest BCUT2D eigenvalue weighted by Gasteiger charge is 2.16. The molecule has 0 aromatic heterocycles. The normalized spacial score (nSPS) is 16.8. The summed E-state index contributed by atoms with van der Waals surface area (Å²) in [7, 11) is 1.88. The Morgan fingerprint density at radius 3 is 2.11 bits per heavy atom. The third-order valence-corrected chi connectivity index (χ3v) is 3.56.